The Morgan fingerprint density at radius 1 is 1.12 bits per heavy atom. The van der Waals surface area contributed by atoms with E-state index in [4.69, 9.17) is 0 Å². The molecule has 0 unspecified atom stereocenters. The van der Waals surface area contributed by atoms with Crippen LogP contribution in [0.1, 0.15) is 0 Å². The van der Waals surface area contributed by atoms with Crippen molar-refractivity contribution < 1.29 is 21.6 Å². The van der Waals surface area contributed by atoms with Gasteiger partial charge in [0.2, 0.25) is 5.16 Å². The first-order chi connectivity index (χ1) is 11.3. The summed E-state index contributed by atoms with van der Waals surface area (Å²) in [4.78, 5) is 4.07. The van der Waals surface area contributed by atoms with Crippen LogP contribution in [0, 0.1) is 0 Å². The van der Waals surface area contributed by atoms with Crippen molar-refractivity contribution in [1.82, 2.24) is 15.2 Å². The summed E-state index contributed by atoms with van der Waals surface area (Å²) in [7, 11) is -5.45. The molecule has 0 aliphatic carbocycles. The number of halogens is 3. The molecule has 1 N–H and O–H groups in total. The Morgan fingerprint density at radius 2 is 1.88 bits per heavy atom. The molecule has 0 bridgehead atoms. The topological polar surface area (TPSA) is 75.7 Å². The molecule has 0 atom stereocenters. The van der Waals surface area contributed by atoms with Crippen molar-refractivity contribution in [2.24, 2.45) is 0 Å². The highest BCUT2D eigenvalue weighted by Gasteiger charge is 2.48. The smallest absolute Gasteiger partial charge is 0.257 e. The summed E-state index contributed by atoms with van der Waals surface area (Å²) in [6.45, 7) is 0. The van der Waals surface area contributed by atoms with Crippen LogP contribution in [-0.4, -0.2) is 29.1 Å². The maximum atomic E-state index is 12.8. The molecule has 24 heavy (non-hydrogen) atoms. The van der Waals surface area contributed by atoms with E-state index in [1.54, 1.807) is 0 Å². The summed E-state index contributed by atoms with van der Waals surface area (Å²) in [5, 5.41) is 8.56. The second-order valence-corrected chi connectivity index (χ2v) is 8.31. The first-order valence-electron chi connectivity index (χ1n) is 6.33. The molecule has 0 radical (unpaired) electrons. The van der Waals surface area contributed by atoms with Gasteiger partial charge in [0, 0.05) is 4.90 Å². The highest BCUT2D eigenvalue weighted by atomic mass is 32.2. The van der Waals surface area contributed by atoms with Crippen molar-refractivity contribution in [3.05, 3.63) is 41.8 Å². The SMILES string of the molecule is O=S(=O)(c1ccccc1Sc1n[nH]c(-c2cccs2)n1)C(F)(F)F. The molecular weight excluding hydrogens is 383 g/mol. The van der Waals surface area contributed by atoms with Gasteiger partial charge in [-0.25, -0.2) is 13.4 Å². The number of aromatic nitrogens is 3. The van der Waals surface area contributed by atoms with E-state index in [9.17, 15) is 21.6 Å². The number of hydrogen-bond acceptors (Lipinski definition) is 6. The normalized spacial score (nSPS) is 12.5. The van der Waals surface area contributed by atoms with Gasteiger partial charge in [0.05, 0.1) is 9.77 Å². The Bertz CT molecular complexity index is 950. The Hall–Kier alpha value is -1.85. The molecule has 11 heteroatoms. The monoisotopic (exact) mass is 391 g/mol. The summed E-state index contributed by atoms with van der Waals surface area (Å²) in [6.07, 6.45) is 0. The summed E-state index contributed by atoms with van der Waals surface area (Å²) in [5.41, 5.74) is -5.37. The number of hydrogen-bond donors (Lipinski definition) is 1. The Balaban J connectivity index is 1.95. The van der Waals surface area contributed by atoms with Gasteiger partial charge in [-0.1, -0.05) is 18.2 Å². The summed E-state index contributed by atoms with van der Waals surface area (Å²) in [6, 6.07) is 8.51. The van der Waals surface area contributed by atoms with Crippen molar-refractivity contribution in [2.45, 2.75) is 20.5 Å². The molecule has 2 heterocycles. The molecule has 3 rings (SSSR count). The molecule has 126 valence electrons. The van der Waals surface area contributed by atoms with E-state index in [1.807, 2.05) is 17.5 Å². The van der Waals surface area contributed by atoms with E-state index in [1.165, 1.54) is 29.5 Å². The molecule has 0 amide bonds. The lowest BCUT2D eigenvalue weighted by atomic mass is 10.4. The fraction of sp³-hybridized carbons (Fsp3) is 0.0769. The predicted octanol–water partition coefficient (Wildman–Crippen LogP) is 3.98. The second kappa shape index (κ2) is 6.22. The number of rotatable bonds is 4. The minimum Gasteiger partial charge on any atom is -0.257 e. The Labute approximate surface area is 142 Å². The van der Waals surface area contributed by atoms with Gasteiger partial charge >= 0.3 is 5.51 Å². The van der Waals surface area contributed by atoms with Crippen molar-refractivity contribution in [3.8, 4) is 10.7 Å². The van der Waals surface area contributed by atoms with Gasteiger partial charge in [0.15, 0.2) is 5.82 Å². The molecule has 0 saturated heterocycles. The van der Waals surface area contributed by atoms with Crippen LogP contribution in [0.15, 0.2) is 56.7 Å². The summed E-state index contributed by atoms with van der Waals surface area (Å²) in [5.74, 6) is 0.462. The molecule has 3 aromatic rings. The number of nitrogens with zero attached hydrogens (tertiary/aromatic N) is 2. The zero-order valence-electron chi connectivity index (χ0n) is 11.6. The van der Waals surface area contributed by atoms with Gasteiger partial charge in [-0.15, -0.1) is 16.4 Å². The quantitative estimate of drug-likeness (QED) is 0.728. The van der Waals surface area contributed by atoms with Gasteiger partial charge in [-0.3, -0.25) is 5.10 Å². The third-order valence-electron chi connectivity index (χ3n) is 2.86. The minimum atomic E-state index is -5.45. The summed E-state index contributed by atoms with van der Waals surface area (Å²) < 4.78 is 61.7. The minimum absolute atomic E-state index is 0.0912. The van der Waals surface area contributed by atoms with Crippen molar-refractivity contribution in [1.29, 1.82) is 0 Å². The number of aromatic amines is 1. The highest BCUT2D eigenvalue weighted by Crippen LogP contribution is 2.38. The lowest BCUT2D eigenvalue weighted by molar-refractivity contribution is -0.0437. The van der Waals surface area contributed by atoms with Crippen LogP contribution in [-0.2, 0) is 9.84 Å². The average molecular weight is 391 g/mol. The molecule has 1 aromatic carbocycles. The number of alkyl halides is 3. The number of sulfone groups is 1. The Kier molecular flexibility index (Phi) is 4.40. The average Bonchev–Trinajstić information content (AvgIpc) is 3.17. The lowest BCUT2D eigenvalue weighted by Crippen LogP contribution is -2.23. The second-order valence-electron chi connectivity index (χ2n) is 4.44. The predicted molar refractivity (Wildman–Crippen MR) is 83.5 cm³/mol. The van der Waals surface area contributed by atoms with E-state index in [0.717, 1.165) is 22.7 Å². The van der Waals surface area contributed by atoms with E-state index in [-0.39, 0.29) is 10.1 Å². The fourth-order valence-corrected chi connectivity index (χ4v) is 4.49. The standard InChI is InChI=1S/C13H8F3N3O2S3/c14-13(15,16)24(20,21)10-6-2-1-4-8(10)23-12-17-11(18-19-12)9-5-3-7-22-9/h1-7H,(H,17,18,19). The molecule has 0 fully saturated rings. The number of benzene rings is 1. The van der Waals surface area contributed by atoms with Crippen LogP contribution in [0.4, 0.5) is 13.2 Å². The van der Waals surface area contributed by atoms with E-state index in [2.05, 4.69) is 15.2 Å². The van der Waals surface area contributed by atoms with Crippen LogP contribution < -0.4 is 0 Å². The van der Waals surface area contributed by atoms with Crippen LogP contribution >= 0.6 is 23.1 Å². The van der Waals surface area contributed by atoms with Crippen molar-refractivity contribution >= 4 is 32.9 Å². The fourth-order valence-electron chi connectivity index (χ4n) is 1.80. The van der Waals surface area contributed by atoms with Crippen LogP contribution in [0.3, 0.4) is 0 Å². The molecular formula is C13H8F3N3O2S3. The molecule has 0 aliphatic rings. The maximum Gasteiger partial charge on any atom is 0.501 e. The van der Waals surface area contributed by atoms with E-state index >= 15 is 0 Å². The number of nitrogens with one attached hydrogen (secondary N) is 1. The molecule has 5 nitrogen and oxygen atoms in total. The molecule has 2 aromatic heterocycles. The lowest BCUT2D eigenvalue weighted by Gasteiger charge is -2.11. The van der Waals surface area contributed by atoms with Crippen LogP contribution in [0.2, 0.25) is 0 Å². The van der Waals surface area contributed by atoms with Gasteiger partial charge < -0.3 is 0 Å². The molecule has 0 aliphatic heterocycles. The third kappa shape index (κ3) is 3.19. The zero-order chi connectivity index (χ0) is 17.4. The van der Waals surface area contributed by atoms with Crippen molar-refractivity contribution in [2.75, 3.05) is 0 Å². The zero-order valence-corrected chi connectivity index (χ0v) is 14.1. The van der Waals surface area contributed by atoms with Gasteiger partial charge in [0.25, 0.3) is 9.84 Å². The van der Waals surface area contributed by atoms with E-state index in [0.29, 0.717) is 5.82 Å². The van der Waals surface area contributed by atoms with Gasteiger partial charge in [0.1, 0.15) is 0 Å². The molecule has 0 saturated carbocycles. The van der Waals surface area contributed by atoms with Gasteiger partial charge in [-0.05, 0) is 35.3 Å². The third-order valence-corrected chi connectivity index (χ3v) is 6.36. The number of H-pyrrole nitrogens is 1. The van der Waals surface area contributed by atoms with E-state index < -0.39 is 20.2 Å². The van der Waals surface area contributed by atoms with Crippen LogP contribution in [0.5, 0.6) is 0 Å². The highest BCUT2D eigenvalue weighted by molar-refractivity contribution is 8.00. The largest absolute Gasteiger partial charge is 0.501 e. The number of thiophene rings is 1. The Morgan fingerprint density at radius 3 is 2.54 bits per heavy atom. The first-order valence-corrected chi connectivity index (χ1v) is 9.51. The molecule has 0 spiro atoms. The summed E-state index contributed by atoms with van der Waals surface area (Å²) >= 11 is 2.17. The van der Waals surface area contributed by atoms with Crippen LogP contribution in [0.25, 0.3) is 10.7 Å². The first kappa shape index (κ1) is 17.0. The maximum absolute atomic E-state index is 12.8. The van der Waals surface area contributed by atoms with Gasteiger partial charge in [-0.2, -0.15) is 13.2 Å². The van der Waals surface area contributed by atoms with Crippen molar-refractivity contribution in [3.63, 3.8) is 0 Å².